The standard InChI is InChI=1S/C11H13ClF3NO2S/c1-8-3-4-9(11(13,14)15)7-10(8)16-19(17,18)6-2-5-12/h3-4,7,16H,2,5-6H2,1H3. The van der Waals surface area contributed by atoms with Crippen molar-refractivity contribution in [2.75, 3.05) is 16.4 Å². The number of sulfonamides is 1. The lowest BCUT2D eigenvalue weighted by molar-refractivity contribution is -0.137. The van der Waals surface area contributed by atoms with Gasteiger partial charge < -0.3 is 0 Å². The van der Waals surface area contributed by atoms with E-state index in [1.54, 1.807) is 0 Å². The van der Waals surface area contributed by atoms with Crippen molar-refractivity contribution in [3.63, 3.8) is 0 Å². The highest BCUT2D eigenvalue weighted by Crippen LogP contribution is 2.32. The second kappa shape index (κ2) is 6.00. The lowest BCUT2D eigenvalue weighted by atomic mass is 10.1. The van der Waals surface area contributed by atoms with Crippen molar-refractivity contribution >= 4 is 27.3 Å². The van der Waals surface area contributed by atoms with Gasteiger partial charge in [0.05, 0.1) is 17.0 Å². The Labute approximate surface area is 114 Å². The molecule has 108 valence electrons. The van der Waals surface area contributed by atoms with E-state index < -0.39 is 21.8 Å². The second-order valence-corrected chi connectivity index (χ2v) is 6.21. The molecule has 0 atom stereocenters. The van der Waals surface area contributed by atoms with Gasteiger partial charge in [-0.15, -0.1) is 11.6 Å². The monoisotopic (exact) mass is 315 g/mol. The average Bonchev–Trinajstić information content (AvgIpc) is 2.28. The predicted octanol–water partition coefficient (Wildman–Crippen LogP) is 3.38. The van der Waals surface area contributed by atoms with Gasteiger partial charge in [-0.25, -0.2) is 8.42 Å². The van der Waals surface area contributed by atoms with E-state index in [1.165, 1.54) is 13.0 Å². The summed E-state index contributed by atoms with van der Waals surface area (Å²) in [7, 11) is -3.68. The minimum absolute atomic E-state index is 0.0654. The van der Waals surface area contributed by atoms with Crippen LogP contribution in [0.2, 0.25) is 0 Å². The molecular formula is C11H13ClF3NO2S. The number of halogens is 4. The summed E-state index contributed by atoms with van der Waals surface area (Å²) in [6.45, 7) is 1.53. The van der Waals surface area contributed by atoms with Crippen molar-refractivity contribution in [2.24, 2.45) is 0 Å². The fourth-order valence-corrected chi connectivity index (χ4v) is 2.84. The van der Waals surface area contributed by atoms with E-state index in [1.807, 2.05) is 0 Å². The van der Waals surface area contributed by atoms with Crippen LogP contribution in [-0.2, 0) is 16.2 Å². The van der Waals surface area contributed by atoms with Crippen molar-refractivity contribution in [2.45, 2.75) is 19.5 Å². The molecular weight excluding hydrogens is 303 g/mol. The van der Waals surface area contributed by atoms with Crippen LogP contribution in [0.1, 0.15) is 17.5 Å². The van der Waals surface area contributed by atoms with Crippen LogP contribution in [0.15, 0.2) is 18.2 Å². The molecule has 19 heavy (non-hydrogen) atoms. The van der Waals surface area contributed by atoms with Gasteiger partial charge in [0.1, 0.15) is 0 Å². The number of anilines is 1. The largest absolute Gasteiger partial charge is 0.416 e. The second-order valence-electron chi connectivity index (χ2n) is 3.99. The van der Waals surface area contributed by atoms with Crippen LogP contribution in [0.4, 0.5) is 18.9 Å². The molecule has 0 aliphatic rings. The van der Waals surface area contributed by atoms with E-state index in [0.29, 0.717) is 5.56 Å². The van der Waals surface area contributed by atoms with Gasteiger partial charge in [0, 0.05) is 5.88 Å². The van der Waals surface area contributed by atoms with Crippen LogP contribution in [0, 0.1) is 6.92 Å². The Kier molecular flexibility index (Phi) is 5.09. The summed E-state index contributed by atoms with van der Waals surface area (Å²) in [5.74, 6) is -0.0608. The first-order valence-corrected chi connectivity index (χ1v) is 7.59. The molecule has 0 saturated heterocycles. The summed E-state index contributed by atoms with van der Waals surface area (Å²) in [6, 6.07) is 2.92. The van der Waals surface area contributed by atoms with Crippen LogP contribution < -0.4 is 4.72 Å². The molecule has 0 heterocycles. The summed E-state index contributed by atoms with van der Waals surface area (Å²) in [6.07, 6.45) is -4.28. The molecule has 1 aromatic carbocycles. The quantitative estimate of drug-likeness (QED) is 0.847. The smallest absolute Gasteiger partial charge is 0.283 e. The highest BCUT2D eigenvalue weighted by Gasteiger charge is 2.31. The Morgan fingerprint density at radius 3 is 2.47 bits per heavy atom. The minimum atomic E-state index is -4.51. The molecule has 1 aromatic rings. The molecule has 8 heteroatoms. The maximum Gasteiger partial charge on any atom is 0.416 e. The number of hydrogen-bond acceptors (Lipinski definition) is 2. The molecule has 0 aliphatic carbocycles. The fraction of sp³-hybridized carbons (Fsp3) is 0.455. The number of rotatable bonds is 5. The Balaban J connectivity index is 3.01. The molecule has 0 spiro atoms. The minimum Gasteiger partial charge on any atom is -0.283 e. The Bertz CT molecular complexity index is 543. The van der Waals surface area contributed by atoms with Crippen LogP contribution in [0.3, 0.4) is 0 Å². The molecule has 0 saturated carbocycles. The van der Waals surface area contributed by atoms with Crippen molar-refractivity contribution in [3.8, 4) is 0 Å². The van der Waals surface area contributed by atoms with Crippen molar-refractivity contribution in [1.29, 1.82) is 0 Å². The maximum absolute atomic E-state index is 12.5. The highest BCUT2D eigenvalue weighted by molar-refractivity contribution is 7.92. The van der Waals surface area contributed by atoms with E-state index in [4.69, 9.17) is 11.6 Å². The third-order valence-electron chi connectivity index (χ3n) is 2.38. The highest BCUT2D eigenvalue weighted by atomic mass is 35.5. The third-order valence-corrected chi connectivity index (χ3v) is 4.00. The Morgan fingerprint density at radius 1 is 1.32 bits per heavy atom. The summed E-state index contributed by atoms with van der Waals surface area (Å²) >= 11 is 5.39. The molecule has 0 amide bonds. The maximum atomic E-state index is 12.5. The predicted molar refractivity (Wildman–Crippen MR) is 68.9 cm³/mol. The van der Waals surface area contributed by atoms with Crippen LogP contribution in [0.25, 0.3) is 0 Å². The van der Waals surface area contributed by atoms with E-state index in [-0.39, 0.29) is 23.7 Å². The topological polar surface area (TPSA) is 46.2 Å². The zero-order valence-electron chi connectivity index (χ0n) is 10.1. The van der Waals surface area contributed by atoms with Gasteiger partial charge in [0.25, 0.3) is 0 Å². The van der Waals surface area contributed by atoms with Crippen LogP contribution in [0.5, 0.6) is 0 Å². The Morgan fingerprint density at radius 2 is 1.95 bits per heavy atom. The summed E-state index contributed by atoms with van der Waals surface area (Å²) in [5, 5.41) is 0. The zero-order valence-corrected chi connectivity index (χ0v) is 11.7. The summed E-state index contributed by atoms with van der Waals surface area (Å²) in [5.41, 5.74) is -0.542. The number of alkyl halides is 4. The van der Waals surface area contributed by atoms with Crippen molar-refractivity contribution < 1.29 is 21.6 Å². The fourth-order valence-electron chi connectivity index (χ4n) is 1.37. The molecule has 0 bridgehead atoms. The number of aryl methyl sites for hydroxylation is 1. The Hall–Kier alpha value is -0.950. The SMILES string of the molecule is Cc1ccc(C(F)(F)F)cc1NS(=O)(=O)CCCCl. The molecule has 0 radical (unpaired) electrons. The first-order valence-electron chi connectivity index (χ1n) is 5.40. The number of benzene rings is 1. The van der Waals surface area contributed by atoms with E-state index in [0.717, 1.165) is 12.1 Å². The lowest BCUT2D eigenvalue weighted by Gasteiger charge is -2.13. The molecule has 0 aromatic heterocycles. The van der Waals surface area contributed by atoms with Gasteiger partial charge in [-0.2, -0.15) is 13.2 Å². The van der Waals surface area contributed by atoms with Crippen LogP contribution >= 0.6 is 11.6 Å². The van der Waals surface area contributed by atoms with E-state index >= 15 is 0 Å². The van der Waals surface area contributed by atoms with Gasteiger partial charge >= 0.3 is 6.18 Å². The first kappa shape index (κ1) is 16.1. The normalized spacial score (nSPS) is 12.5. The van der Waals surface area contributed by atoms with Gasteiger partial charge in [-0.05, 0) is 31.0 Å². The first-order chi connectivity index (χ1) is 8.65. The third kappa shape index (κ3) is 4.91. The van der Waals surface area contributed by atoms with E-state index in [2.05, 4.69) is 4.72 Å². The van der Waals surface area contributed by atoms with Gasteiger partial charge in [0.15, 0.2) is 0 Å². The number of nitrogens with one attached hydrogen (secondary N) is 1. The lowest BCUT2D eigenvalue weighted by Crippen LogP contribution is -2.18. The molecule has 0 fully saturated rings. The zero-order chi connectivity index (χ0) is 14.7. The van der Waals surface area contributed by atoms with Gasteiger partial charge in [-0.1, -0.05) is 6.07 Å². The molecule has 0 unspecified atom stereocenters. The average molecular weight is 316 g/mol. The molecule has 1 N–H and O–H groups in total. The number of hydrogen-bond donors (Lipinski definition) is 1. The summed E-state index contributed by atoms with van der Waals surface area (Å²) in [4.78, 5) is 0. The van der Waals surface area contributed by atoms with Crippen LogP contribution in [-0.4, -0.2) is 20.1 Å². The van der Waals surface area contributed by atoms with Crippen molar-refractivity contribution in [1.82, 2.24) is 0 Å². The molecule has 1 rings (SSSR count). The van der Waals surface area contributed by atoms with E-state index in [9.17, 15) is 21.6 Å². The van der Waals surface area contributed by atoms with Gasteiger partial charge in [0.2, 0.25) is 10.0 Å². The molecule has 3 nitrogen and oxygen atoms in total. The van der Waals surface area contributed by atoms with Gasteiger partial charge in [-0.3, -0.25) is 4.72 Å². The summed E-state index contributed by atoms with van der Waals surface area (Å²) < 4.78 is 63.0. The molecule has 0 aliphatic heterocycles. The van der Waals surface area contributed by atoms with Crippen molar-refractivity contribution in [3.05, 3.63) is 29.3 Å².